The van der Waals surface area contributed by atoms with Crippen LogP contribution >= 0.6 is 0 Å². The lowest BCUT2D eigenvalue weighted by Gasteiger charge is -2.26. The summed E-state index contributed by atoms with van der Waals surface area (Å²) in [5.41, 5.74) is 2.38. The highest BCUT2D eigenvalue weighted by Gasteiger charge is 2.36. The van der Waals surface area contributed by atoms with Crippen molar-refractivity contribution in [2.45, 2.75) is 18.9 Å². The van der Waals surface area contributed by atoms with Crippen molar-refractivity contribution in [3.05, 3.63) is 71.3 Å². The Kier molecular flexibility index (Phi) is 3.90. The molecule has 0 radical (unpaired) electrons. The number of fused-ring (bicyclic) bond motifs is 1. The smallest absolute Gasteiger partial charge is 0.261 e. The average Bonchev–Trinajstić information content (AvgIpc) is 3.19. The van der Waals surface area contributed by atoms with Crippen LogP contribution in [0.1, 0.15) is 45.2 Å². The van der Waals surface area contributed by atoms with Crippen molar-refractivity contribution in [3.63, 3.8) is 0 Å². The number of carbonyl (C=O) groups excluding carboxylic acids is 2. The first kappa shape index (κ1) is 15.1. The molecule has 0 spiro atoms. The minimum absolute atomic E-state index is 0.161. The summed E-state index contributed by atoms with van der Waals surface area (Å²) in [7, 11) is 0. The zero-order chi connectivity index (χ0) is 16.5. The number of likely N-dealkylation sites (tertiary alicyclic amines) is 1. The summed E-state index contributed by atoms with van der Waals surface area (Å²) in [5, 5.41) is 0. The van der Waals surface area contributed by atoms with E-state index in [0.717, 1.165) is 25.9 Å². The molecule has 4 rings (SSSR count). The van der Waals surface area contributed by atoms with Crippen LogP contribution in [0.4, 0.5) is 0 Å². The fourth-order valence-corrected chi connectivity index (χ4v) is 3.82. The highest BCUT2D eigenvalue weighted by atomic mass is 16.2. The van der Waals surface area contributed by atoms with Gasteiger partial charge in [-0.15, -0.1) is 0 Å². The lowest BCUT2D eigenvalue weighted by Crippen LogP contribution is -2.38. The number of imide groups is 1. The molecule has 1 atom stereocenters. The van der Waals surface area contributed by atoms with Crippen LogP contribution in [0.15, 0.2) is 54.6 Å². The van der Waals surface area contributed by atoms with E-state index in [2.05, 4.69) is 29.2 Å². The van der Waals surface area contributed by atoms with Crippen LogP contribution in [0.2, 0.25) is 0 Å². The van der Waals surface area contributed by atoms with Crippen LogP contribution < -0.4 is 0 Å². The minimum Gasteiger partial charge on any atom is -0.295 e. The normalized spacial score (nSPS) is 20.7. The van der Waals surface area contributed by atoms with Gasteiger partial charge in [0.25, 0.3) is 11.8 Å². The molecule has 122 valence electrons. The number of hydrogen-bond acceptors (Lipinski definition) is 3. The van der Waals surface area contributed by atoms with E-state index >= 15 is 0 Å². The van der Waals surface area contributed by atoms with E-state index < -0.39 is 0 Å². The van der Waals surface area contributed by atoms with E-state index in [4.69, 9.17) is 0 Å². The van der Waals surface area contributed by atoms with Gasteiger partial charge in [-0.2, -0.15) is 0 Å². The fraction of sp³-hybridized carbons (Fsp3) is 0.300. The van der Waals surface area contributed by atoms with E-state index in [1.807, 2.05) is 6.07 Å². The summed E-state index contributed by atoms with van der Waals surface area (Å²) in [6.07, 6.45) is 2.29. The number of carbonyl (C=O) groups is 2. The standard InChI is InChI=1S/C20H20N2O2/c23-19-16-9-4-5-10-17(16)20(24)22(19)14-13-21-12-6-11-18(21)15-7-2-1-3-8-15/h1-5,7-10,18H,6,11-14H2. The van der Waals surface area contributed by atoms with Crippen molar-refractivity contribution in [1.82, 2.24) is 9.80 Å². The fourth-order valence-electron chi connectivity index (χ4n) is 3.82. The Hall–Kier alpha value is -2.46. The van der Waals surface area contributed by atoms with Crippen molar-refractivity contribution in [1.29, 1.82) is 0 Å². The van der Waals surface area contributed by atoms with Crippen molar-refractivity contribution in [2.24, 2.45) is 0 Å². The Balaban J connectivity index is 1.46. The first-order valence-corrected chi connectivity index (χ1v) is 8.50. The van der Waals surface area contributed by atoms with Gasteiger partial charge in [0.05, 0.1) is 11.1 Å². The summed E-state index contributed by atoms with van der Waals surface area (Å²) in [6, 6.07) is 17.9. The maximum Gasteiger partial charge on any atom is 0.261 e. The van der Waals surface area contributed by atoms with Crippen molar-refractivity contribution in [2.75, 3.05) is 19.6 Å². The molecule has 0 aromatic heterocycles. The Bertz CT molecular complexity index is 737. The highest BCUT2D eigenvalue weighted by Crippen LogP contribution is 2.31. The second-order valence-electron chi connectivity index (χ2n) is 6.41. The zero-order valence-electron chi connectivity index (χ0n) is 13.5. The largest absolute Gasteiger partial charge is 0.295 e. The van der Waals surface area contributed by atoms with Crippen LogP contribution in [0, 0.1) is 0 Å². The molecule has 2 heterocycles. The molecule has 2 aliphatic heterocycles. The molecule has 1 unspecified atom stereocenters. The first-order chi connectivity index (χ1) is 11.8. The highest BCUT2D eigenvalue weighted by molar-refractivity contribution is 6.21. The van der Waals surface area contributed by atoms with Crippen LogP contribution in [-0.4, -0.2) is 41.2 Å². The zero-order valence-corrected chi connectivity index (χ0v) is 13.5. The molecule has 0 bridgehead atoms. The molecule has 0 saturated carbocycles. The summed E-state index contributed by atoms with van der Waals surface area (Å²) in [5.74, 6) is -0.322. The third-order valence-electron chi connectivity index (χ3n) is 5.04. The SMILES string of the molecule is O=C1c2ccccc2C(=O)N1CCN1CCCC1c1ccccc1. The molecular formula is C20H20N2O2. The van der Waals surface area contributed by atoms with Gasteiger partial charge in [-0.3, -0.25) is 19.4 Å². The lowest BCUT2D eigenvalue weighted by molar-refractivity contribution is 0.0633. The van der Waals surface area contributed by atoms with Crippen molar-refractivity contribution < 1.29 is 9.59 Å². The molecule has 4 nitrogen and oxygen atoms in total. The van der Waals surface area contributed by atoms with Crippen molar-refractivity contribution >= 4 is 11.8 Å². The summed E-state index contributed by atoms with van der Waals surface area (Å²) < 4.78 is 0. The molecule has 1 saturated heterocycles. The molecule has 0 N–H and O–H groups in total. The molecule has 24 heavy (non-hydrogen) atoms. The number of hydrogen-bond donors (Lipinski definition) is 0. The summed E-state index contributed by atoms with van der Waals surface area (Å²) >= 11 is 0. The molecule has 2 amide bonds. The quantitative estimate of drug-likeness (QED) is 0.813. The Labute approximate surface area is 141 Å². The maximum atomic E-state index is 12.5. The van der Waals surface area contributed by atoms with Gasteiger partial charge in [0.1, 0.15) is 0 Å². The van der Waals surface area contributed by atoms with Gasteiger partial charge < -0.3 is 0 Å². The second-order valence-corrected chi connectivity index (χ2v) is 6.41. The Morgan fingerprint density at radius 2 is 1.46 bits per heavy atom. The number of amides is 2. The van der Waals surface area contributed by atoms with E-state index in [0.29, 0.717) is 23.7 Å². The predicted molar refractivity (Wildman–Crippen MR) is 91.8 cm³/mol. The maximum absolute atomic E-state index is 12.5. The van der Waals surface area contributed by atoms with Gasteiger partial charge in [-0.25, -0.2) is 0 Å². The Morgan fingerprint density at radius 1 is 0.833 bits per heavy atom. The third-order valence-corrected chi connectivity index (χ3v) is 5.04. The monoisotopic (exact) mass is 320 g/mol. The van der Waals surface area contributed by atoms with Crippen molar-refractivity contribution in [3.8, 4) is 0 Å². The predicted octanol–water partition coefficient (Wildman–Crippen LogP) is 3.12. The van der Waals surface area contributed by atoms with Crippen LogP contribution in [0.3, 0.4) is 0 Å². The van der Waals surface area contributed by atoms with Gasteiger partial charge in [0, 0.05) is 19.1 Å². The second kappa shape index (κ2) is 6.21. The topological polar surface area (TPSA) is 40.6 Å². The lowest BCUT2D eigenvalue weighted by atomic mass is 10.0. The van der Waals surface area contributed by atoms with Gasteiger partial charge in [-0.1, -0.05) is 42.5 Å². The number of benzene rings is 2. The van der Waals surface area contributed by atoms with Crippen LogP contribution in [0.5, 0.6) is 0 Å². The molecule has 1 fully saturated rings. The molecular weight excluding hydrogens is 300 g/mol. The van der Waals surface area contributed by atoms with Gasteiger partial charge in [-0.05, 0) is 37.1 Å². The van der Waals surface area contributed by atoms with E-state index in [9.17, 15) is 9.59 Å². The van der Waals surface area contributed by atoms with Gasteiger partial charge in [0.15, 0.2) is 0 Å². The number of nitrogens with zero attached hydrogens (tertiary/aromatic N) is 2. The van der Waals surface area contributed by atoms with E-state index in [1.165, 1.54) is 10.5 Å². The molecule has 2 aromatic rings. The first-order valence-electron chi connectivity index (χ1n) is 8.50. The third kappa shape index (κ3) is 2.53. The molecule has 2 aromatic carbocycles. The minimum atomic E-state index is -0.161. The molecule has 0 aliphatic carbocycles. The van der Waals surface area contributed by atoms with Crippen LogP contribution in [0.25, 0.3) is 0 Å². The van der Waals surface area contributed by atoms with Gasteiger partial charge in [0.2, 0.25) is 0 Å². The van der Waals surface area contributed by atoms with E-state index in [-0.39, 0.29) is 11.8 Å². The number of rotatable bonds is 4. The molecule has 2 aliphatic rings. The van der Waals surface area contributed by atoms with E-state index in [1.54, 1.807) is 24.3 Å². The molecule has 4 heteroatoms. The summed E-state index contributed by atoms with van der Waals surface area (Å²) in [6.45, 7) is 2.20. The summed E-state index contributed by atoms with van der Waals surface area (Å²) in [4.78, 5) is 28.7. The van der Waals surface area contributed by atoms with Crippen LogP contribution in [-0.2, 0) is 0 Å². The average molecular weight is 320 g/mol. The van der Waals surface area contributed by atoms with Gasteiger partial charge >= 0.3 is 0 Å². The Morgan fingerprint density at radius 3 is 2.12 bits per heavy atom.